The number of carbonyl (C=O) groups excluding carboxylic acids is 2. The quantitative estimate of drug-likeness (QED) is 0.349. The lowest BCUT2D eigenvalue weighted by atomic mass is 10.0. The molecular weight excluding hydrogens is 420 g/mol. The van der Waals surface area contributed by atoms with Crippen molar-refractivity contribution in [3.05, 3.63) is 90.0 Å². The van der Waals surface area contributed by atoms with E-state index in [0.717, 1.165) is 21.6 Å². The standard InChI is InChI=1S/C26H28N2O3S/c1-19(20-12-14-22(15-13-20)21-8-4-3-5-9-21)28-26(30)23-10-6-7-11-24(23)32-18-25(29)27-16-17-31-2/h3-15,19H,16-18H2,1-2H3,(H,27,29)(H,28,30)/t19-/m0/s1. The first kappa shape index (κ1) is 23.6. The second kappa shape index (κ2) is 12.1. The highest BCUT2D eigenvalue weighted by Gasteiger charge is 2.16. The predicted molar refractivity (Wildman–Crippen MR) is 130 cm³/mol. The molecule has 0 unspecified atom stereocenters. The van der Waals surface area contributed by atoms with Gasteiger partial charge in [0.1, 0.15) is 0 Å². The molecule has 0 bridgehead atoms. The zero-order chi connectivity index (χ0) is 22.8. The first-order chi connectivity index (χ1) is 15.6. The smallest absolute Gasteiger partial charge is 0.252 e. The molecule has 0 saturated carbocycles. The van der Waals surface area contributed by atoms with Crippen molar-refractivity contribution in [3.8, 4) is 11.1 Å². The number of nitrogens with one attached hydrogen (secondary N) is 2. The van der Waals surface area contributed by atoms with Crippen LogP contribution in [-0.4, -0.2) is 37.8 Å². The highest BCUT2D eigenvalue weighted by molar-refractivity contribution is 8.00. The summed E-state index contributed by atoms with van der Waals surface area (Å²) in [7, 11) is 1.59. The topological polar surface area (TPSA) is 67.4 Å². The summed E-state index contributed by atoms with van der Waals surface area (Å²) in [5, 5.41) is 5.86. The minimum absolute atomic E-state index is 0.0888. The summed E-state index contributed by atoms with van der Waals surface area (Å²) >= 11 is 1.35. The molecule has 0 heterocycles. The van der Waals surface area contributed by atoms with Gasteiger partial charge in [0, 0.05) is 18.6 Å². The van der Waals surface area contributed by atoms with E-state index in [2.05, 4.69) is 34.9 Å². The fourth-order valence-electron chi connectivity index (χ4n) is 3.22. The minimum Gasteiger partial charge on any atom is -0.383 e. The van der Waals surface area contributed by atoms with Crippen LogP contribution in [0.3, 0.4) is 0 Å². The molecular formula is C26H28N2O3S. The minimum atomic E-state index is -0.160. The lowest BCUT2D eigenvalue weighted by Crippen LogP contribution is -2.29. The molecule has 0 aromatic heterocycles. The number of carbonyl (C=O) groups is 2. The van der Waals surface area contributed by atoms with Crippen molar-refractivity contribution in [2.75, 3.05) is 26.0 Å². The first-order valence-corrected chi connectivity index (χ1v) is 11.5. The average Bonchev–Trinajstić information content (AvgIpc) is 2.83. The Balaban J connectivity index is 1.61. The molecule has 0 aliphatic heterocycles. The molecule has 3 aromatic rings. The van der Waals surface area contributed by atoms with Crippen LogP contribution in [0.5, 0.6) is 0 Å². The zero-order valence-corrected chi connectivity index (χ0v) is 19.2. The molecule has 5 nitrogen and oxygen atoms in total. The van der Waals surface area contributed by atoms with Crippen LogP contribution in [-0.2, 0) is 9.53 Å². The highest BCUT2D eigenvalue weighted by Crippen LogP contribution is 2.25. The normalized spacial score (nSPS) is 11.6. The van der Waals surface area contributed by atoms with Crippen molar-refractivity contribution in [2.24, 2.45) is 0 Å². The largest absolute Gasteiger partial charge is 0.383 e. The van der Waals surface area contributed by atoms with E-state index >= 15 is 0 Å². The Hall–Kier alpha value is -3.09. The Morgan fingerprint density at radius 1 is 0.906 bits per heavy atom. The molecule has 2 N–H and O–H groups in total. The summed E-state index contributed by atoms with van der Waals surface area (Å²) in [6.07, 6.45) is 0. The van der Waals surface area contributed by atoms with Gasteiger partial charge in [0.15, 0.2) is 0 Å². The molecule has 0 aliphatic carbocycles. The van der Waals surface area contributed by atoms with Gasteiger partial charge in [-0.2, -0.15) is 0 Å². The van der Waals surface area contributed by atoms with Gasteiger partial charge in [-0.3, -0.25) is 9.59 Å². The molecule has 3 aromatic carbocycles. The maximum absolute atomic E-state index is 13.0. The number of hydrogen-bond acceptors (Lipinski definition) is 4. The summed E-state index contributed by atoms with van der Waals surface area (Å²) in [5.41, 5.74) is 3.89. The summed E-state index contributed by atoms with van der Waals surface area (Å²) in [6, 6.07) is 25.6. The third-order valence-corrected chi connectivity index (χ3v) is 6.06. The second-order valence-electron chi connectivity index (χ2n) is 7.31. The number of benzene rings is 3. The van der Waals surface area contributed by atoms with Gasteiger partial charge in [-0.1, -0.05) is 66.7 Å². The maximum atomic E-state index is 13.0. The molecule has 6 heteroatoms. The van der Waals surface area contributed by atoms with E-state index in [4.69, 9.17) is 4.74 Å². The van der Waals surface area contributed by atoms with Gasteiger partial charge in [0.25, 0.3) is 5.91 Å². The fourth-order valence-corrected chi connectivity index (χ4v) is 4.10. The van der Waals surface area contributed by atoms with Crippen LogP contribution >= 0.6 is 11.8 Å². The molecule has 32 heavy (non-hydrogen) atoms. The number of rotatable bonds is 10. The van der Waals surface area contributed by atoms with E-state index < -0.39 is 0 Å². The highest BCUT2D eigenvalue weighted by atomic mass is 32.2. The summed E-state index contributed by atoms with van der Waals surface area (Å²) < 4.78 is 4.93. The molecule has 0 saturated heterocycles. The van der Waals surface area contributed by atoms with Gasteiger partial charge in [-0.05, 0) is 35.7 Å². The van der Waals surface area contributed by atoms with Crippen LogP contribution in [0.15, 0.2) is 83.8 Å². The maximum Gasteiger partial charge on any atom is 0.252 e. The molecule has 0 radical (unpaired) electrons. The number of thioether (sulfide) groups is 1. The lowest BCUT2D eigenvalue weighted by Gasteiger charge is -2.16. The third-order valence-electron chi connectivity index (χ3n) is 4.98. The van der Waals surface area contributed by atoms with Gasteiger partial charge in [-0.15, -0.1) is 11.8 Å². The Labute approximate surface area is 193 Å². The average molecular weight is 449 g/mol. The number of amides is 2. The second-order valence-corrected chi connectivity index (χ2v) is 8.33. The van der Waals surface area contributed by atoms with Gasteiger partial charge in [0.05, 0.1) is 24.0 Å². The molecule has 166 valence electrons. The molecule has 0 fully saturated rings. The first-order valence-electron chi connectivity index (χ1n) is 10.5. The Morgan fingerprint density at radius 2 is 1.56 bits per heavy atom. The van der Waals surface area contributed by atoms with Crippen LogP contribution < -0.4 is 10.6 Å². The van der Waals surface area contributed by atoms with Crippen LogP contribution in [0.25, 0.3) is 11.1 Å². The van der Waals surface area contributed by atoms with E-state index in [1.165, 1.54) is 11.8 Å². The number of ether oxygens (including phenoxy) is 1. The van der Waals surface area contributed by atoms with Crippen LogP contribution in [0.4, 0.5) is 0 Å². The van der Waals surface area contributed by atoms with Crippen LogP contribution in [0.1, 0.15) is 28.9 Å². The Bertz CT molecular complexity index is 1020. The van der Waals surface area contributed by atoms with Crippen molar-refractivity contribution in [1.29, 1.82) is 0 Å². The van der Waals surface area contributed by atoms with Crippen molar-refractivity contribution < 1.29 is 14.3 Å². The molecule has 0 spiro atoms. The van der Waals surface area contributed by atoms with E-state index in [-0.39, 0.29) is 23.6 Å². The number of hydrogen-bond donors (Lipinski definition) is 2. The van der Waals surface area contributed by atoms with Crippen LogP contribution in [0.2, 0.25) is 0 Å². The SMILES string of the molecule is COCCNC(=O)CSc1ccccc1C(=O)N[C@@H](C)c1ccc(-c2ccccc2)cc1. The summed E-state index contributed by atoms with van der Waals surface area (Å²) in [5.74, 6) is -0.00788. The zero-order valence-electron chi connectivity index (χ0n) is 18.3. The van der Waals surface area contributed by atoms with Gasteiger partial charge < -0.3 is 15.4 Å². The van der Waals surface area contributed by atoms with Crippen molar-refractivity contribution in [1.82, 2.24) is 10.6 Å². The lowest BCUT2D eigenvalue weighted by molar-refractivity contribution is -0.118. The molecule has 1 atom stereocenters. The van der Waals surface area contributed by atoms with Crippen LogP contribution in [0, 0.1) is 0 Å². The van der Waals surface area contributed by atoms with E-state index in [0.29, 0.717) is 18.7 Å². The Morgan fingerprint density at radius 3 is 2.28 bits per heavy atom. The van der Waals surface area contributed by atoms with Crippen molar-refractivity contribution in [2.45, 2.75) is 17.9 Å². The Kier molecular flexibility index (Phi) is 8.90. The number of methoxy groups -OCH3 is 1. The van der Waals surface area contributed by atoms with Crippen molar-refractivity contribution in [3.63, 3.8) is 0 Å². The summed E-state index contributed by atoms with van der Waals surface area (Å²) in [6.45, 7) is 2.91. The van der Waals surface area contributed by atoms with E-state index in [1.54, 1.807) is 13.2 Å². The predicted octanol–water partition coefficient (Wildman–Crippen LogP) is 4.70. The molecule has 0 aliphatic rings. The van der Waals surface area contributed by atoms with Crippen molar-refractivity contribution >= 4 is 23.6 Å². The fraction of sp³-hybridized carbons (Fsp3) is 0.231. The van der Waals surface area contributed by atoms with Gasteiger partial charge in [0.2, 0.25) is 5.91 Å². The summed E-state index contributed by atoms with van der Waals surface area (Å²) in [4.78, 5) is 25.7. The van der Waals surface area contributed by atoms with E-state index in [9.17, 15) is 9.59 Å². The monoisotopic (exact) mass is 448 g/mol. The molecule has 3 rings (SSSR count). The third kappa shape index (κ3) is 6.70. The van der Waals surface area contributed by atoms with Gasteiger partial charge >= 0.3 is 0 Å². The molecule has 2 amide bonds. The van der Waals surface area contributed by atoms with E-state index in [1.807, 2.05) is 55.5 Å². The van der Waals surface area contributed by atoms with Gasteiger partial charge in [-0.25, -0.2) is 0 Å².